The highest BCUT2D eigenvalue weighted by molar-refractivity contribution is 7.91. The molecule has 1 aromatic carbocycles. The zero-order valence-corrected chi connectivity index (χ0v) is 17.6. The van der Waals surface area contributed by atoms with E-state index >= 15 is 0 Å². The highest BCUT2D eigenvalue weighted by atomic mass is 32.2. The Bertz CT molecular complexity index is 995. The second-order valence-corrected chi connectivity index (χ2v) is 10.6. The normalized spacial score (nSPS) is 28.8. The van der Waals surface area contributed by atoms with Crippen molar-refractivity contribution in [3.05, 3.63) is 29.8 Å². The summed E-state index contributed by atoms with van der Waals surface area (Å²) in [7, 11) is -3.10. The van der Waals surface area contributed by atoms with E-state index in [-0.39, 0.29) is 35.6 Å². The van der Waals surface area contributed by atoms with E-state index in [4.69, 9.17) is 0 Å². The number of para-hydroxylation sites is 1. The highest BCUT2D eigenvalue weighted by Gasteiger charge is 2.42. The number of sulfone groups is 1. The minimum absolute atomic E-state index is 0.0577. The number of nitrogens with one attached hydrogen (secondary N) is 3. The zero-order chi connectivity index (χ0) is 21.5. The predicted molar refractivity (Wildman–Crippen MR) is 110 cm³/mol. The van der Waals surface area contributed by atoms with E-state index in [1.165, 1.54) is 4.90 Å². The lowest BCUT2D eigenvalue weighted by atomic mass is 9.95. The molecule has 0 aliphatic carbocycles. The van der Waals surface area contributed by atoms with Gasteiger partial charge < -0.3 is 20.9 Å². The van der Waals surface area contributed by atoms with Crippen LogP contribution in [0, 0.1) is 0 Å². The second kappa shape index (κ2) is 7.57. The van der Waals surface area contributed by atoms with E-state index in [0.717, 1.165) is 5.69 Å². The van der Waals surface area contributed by atoms with Crippen LogP contribution in [0.1, 0.15) is 43.0 Å². The van der Waals surface area contributed by atoms with Crippen molar-refractivity contribution in [1.29, 1.82) is 0 Å². The molecule has 3 aliphatic heterocycles. The molecule has 2 saturated heterocycles. The van der Waals surface area contributed by atoms with Crippen LogP contribution < -0.4 is 16.0 Å². The number of benzene rings is 1. The average Bonchev–Trinajstić information content (AvgIpc) is 2.96. The standard InChI is InChI=1S/C20H26N4O5S/c1-13(18(26)21-14-7-11-30(28,29)12-14)24-10-9-20(8-6-17(24)25)22-16-5-3-2-4-15(16)19(27)23-20/h2-5,13-14,22H,6-12H2,1H3,(H,21,26)(H,23,27)/t13-,14+,20+/m1/s1. The molecule has 3 aliphatic rings. The van der Waals surface area contributed by atoms with Crippen LogP contribution in [-0.4, -0.2) is 66.8 Å². The van der Waals surface area contributed by atoms with Gasteiger partial charge in [-0.05, 0) is 31.9 Å². The quantitative estimate of drug-likeness (QED) is 0.626. The van der Waals surface area contributed by atoms with Gasteiger partial charge in [-0.1, -0.05) is 12.1 Å². The molecule has 10 heteroatoms. The maximum absolute atomic E-state index is 12.8. The number of carbonyl (C=O) groups excluding carboxylic acids is 3. The molecule has 1 spiro atoms. The zero-order valence-electron chi connectivity index (χ0n) is 16.8. The molecule has 3 N–H and O–H groups in total. The largest absolute Gasteiger partial charge is 0.362 e. The SMILES string of the molecule is C[C@H](C(=O)N[C@H]1CCS(=O)(=O)C1)N1CC[C@]2(CCC1=O)NC(=O)c1ccccc1N2. The summed E-state index contributed by atoms with van der Waals surface area (Å²) < 4.78 is 23.2. The number of rotatable bonds is 3. The number of hydrogen-bond donors (Lipinski definition) is 3. The first-order valence-corrected chi connectivity index (χ1v) is 12.0. The number of nitrogens with zero attached hydrogens (tertiary/aromatic N) is 1. The van der Waals surface area contributed by atoms with Crippen LogP contribution in [0.2, 0.25) is 0 Å². The van der Waals surface area contributed by atoms with Crippen LogP contribution in [0.4, 0.5) is 5.69 Å². The molecule has 2 fully saturated rings. The Hall–Kier alpha value is -2.62. The second-order valence-electron chi connectivity index (χ2n) is 8.33. The van der Waals surface area contributed by atoms with Gasteiger partial charge in [-0.3, -0.25) is 14.4 Å². The van der Waals surface area contributed by atoms with E-state index in [0.29, 0.717) is 31.4 Å². The van der Waals surface area contributed by atoms with Gasteiger partial charge in [-0.25, -0.2) is 8.42 Å². The third-order valence-electron chi connectivity index (χ3n) is 6.19. The number of fused-ring (bicyclic) bond motifs is 1. The monoisotopic (exact) mass is 434 g/mol. The molecule has 3 heterocycles. The smallest absolute Gasteiger partial charge is 0.255 e. The molecular formula is C20H26N4O5S. The van der Waals surface area contributed by atoms with Crippen molar-refractivity contribution in [3.8, 4) is 0 Å². The van der Waals surface area contributed by atoms with Crippen LogP contribution in [0.25, 0.3) is 0 Å². The first-order valence-electron chi connectivity index (χ1n) is 10.2. The summed E-state index contributed by atoms with van der Waals surface area (Å²) in [4.78, 5) is 39.5. The number of likely N-dealkylation sites (tertiary alicyclic amines) is 1. The van der Waals surface area contributed by atoms with Gasteiger partial charge in [-0.2, -0.15) is 0 Å². The Morgan fingerprint density at radius 3 is 2.73 bits per heavy atom. The minimum atomic E-state index is -3.10. The van der Waals surface area contributed by atoms with Gasteiger partial charge in [0.1, 0.15) is 11.7 Å². The topological polar surface area (TPSA) is 125 Å². The van der Waals surface area contributed by atoms with Crippen LogP contribution in [-0.2, 0) is 19.4 Å². The summed E-state index contributed by atoms with van der Waals surface area (Å²) >= 11 is 0. The summed E-state index contributed by atoms with van der Waals surface area (Å²) in [6.07, 6.45) is 1.45. The average molecular weight is 435 g/mol. The number of carbonyl (C=O) groups is 3. The van der Waals surface area contributed by atoms with Crippen molar-refractivity contribution in [1.82, 2.24) is 15.5 Å². The summed E-state index contributed by atoms with van der Waals surface area (Å²) in [6.45, 7) is 1.95. The summed E-state index contributed by atoms with van der Waals surface area (Å²) in [5, 5.41) is 9.16. The van der Waals surface area contributed by atoms with Crippen LogP contribution in [0.15, 0.2) is 24.3 Å². The van der Waals surface area contributed by atoms with Gasteiger partial charge in [-0.15, -0.1) is 0 Å². The van der Waals surface area contributed by atoms with Gasteiger partial charge in [0.25, 0.3) is 5.91 Å². The fourth-order valence-electron chi connectivity index (χ4n) is 4.42. The van der Waals surface area contributed by atoms with Crippen molar-refractivity contribution in [3.63, 3.8) is 0 Å². The fourth-order valence-corrected chi connectivity index (χ4v) is 6.09. The lowest BCUT2D eigenvalue weighted by molar-refractivity contribution is -0.139. The first-order chi connectivity index (χ1) is 14.2. The minimum Gasteiger partial charge on any atom is -0.362 e. The van der Waals surface area contributed by atoms with Gasteiger partial charge in [0.15, 0.2) is 9.84 Å². The van der Waals surface area contributed by atoms with E-state index in [2.05, 4.69) is 16.0 Å². The highest BCUT2D eigenvalue weighted by Crippen LogP contribution is 2.32. The number of anilines is 1. The molecule has 1 aromatic rings. The number of hydrogen-bond acceptors (Lipinski definition) is 6. The third kappa shape index (κ3) is 4.00. The Morgan fingerprint density at radius 1 is 1.23 bits per heavy atom. The van der Waals surface area contributed by atoms with Gasteiger partial charge in [0.2, 0.25) is 11.8 Å². The van der Waals surface area contributed by atoms with Crippen molar-refractivity contribution in [2.75, 3.05) is 23.4 Å². The molecule has 3 amide bonds. The van der Waals surface area contributed by atoms with Gasteiger partial charge in [0.05, 0.1) is 17.1 Å². The van der Waals surface area contributed by atoms with E-state index in [1.54, 1.807) is 19.1 Å². The summed E-state index contributed by atoms with van der Waals surface area (Å²) in [5.74, 6) is -0.684. The van der Waals surface area contributed by atoms with Crippen molar-refractivity contribution in [2.45, 2.75) is 50.4 Å². The fraction of sp³-hybridized carbons (Fsp3) is 0.550. The molecule has 0 unspecified atom stereocenters. The molecule has 30 heavy (non-hydrogen) atoms. The Balaban J connectivity index is 1.44. The maximum atomic E-state index is 12.8. The van der Waals surface area contributed by atoms with Crippen molar-refractivity contribution in [2.24, 2.45) is 0 Å². The van der Waals surface area contributed by atoms with Crippen LogP contribution in [0.5, 0.6) is 0 Å². The third-order valence-corrected chi connectivity index (χ3v) is 7.96. The summed E-state index contributed by atoms with van der Waals surface area (Å²) in [6, 6.07) is 6.10. The Labute approximate surface area is 175 Å². The Morgan fingerprint density at radius 2 is 2.00 bits per heavy atom. The molecule has 0 saturated carbocycles. The molecule has 9 nitrogen and oxygen atoms in total. The lowest BCUT2D eigenvalue weighted by Gasteiger charge is -2.40. The van der Waals surface area contributed by atoms with Crippen molar-refractivity contribution < 1.29 is 22.8 Å². The van der Waals surface area contributed by atoms with Crippen molar-refractivity contribution >= 4 is 33.2 Å². The Kier molecular flexibility index (Phi) is 5.21. The van der Waals surface area contributed by atoms with Gasteiger partial charge >= 0.3 is 0 Å². The summed E-state index contributed by atoms with van der Waals surface area (Å²) in [5.41, 5.74) is 0.552. The molecule has 0 radical (unpaired) electrons. The molecule has 3 atom stereocenters. The molecule has 0 aromatic heterocycles. The molecule has 4 rings (SSSR count). The molecule has 162 valence electrons. The first kappa shape index (κ1) is 20.6. The number of amides is 3. The van der Waals surface area contributed by atoms with E-state index in [9.17, 15) is 22.8 Å². The predicted octanol–water partition coefficient (Wildman–Crippen LogP) is 0.243. The molecular weight excluding hydrogens is 408 g/mol. The lowest BCUT2D eigenvalue weighted by Crippen LogP contribution is -2.58. The molecule has 0 bridgehead atoms. The van der Waals surface area contributed by atoms with E-state index in [1.807, 2.05) is 12.1 Å². The van der Waals surface area contributed by atoms with Crippen LogP contribution >= 0.6 is 0 Å². The van der Waals surface area contributed by atoms with Crippen LogP contribution in [0.3, 0.4) is 0 Å². The maximum Gasteiger partial charge on any atom is 0.255 e. The van der Waals surface area contributed by atoms with E-state index < -0.39 is 27.6 Å². The van der Waals surface area contributed by atoms with Gasteiger partial charge in [0, 0.05) is 31.1 Å².